The number of halogens is 2. The SMILES string of the molecule is Clc1c2c(c(Cl)c3c1=Nc1cc4c(cc1O3)-c1ccccc1C4)=Nc1cc3c(cc1O2)-c1ccccc1C3. The number of benzene rings is 5. The van der Waals surface area contributed by atoms with Crippen LogP contribution in [0.3, 0.4) is 0 Å². The van der Waals surface area contributed by atoms with Gasteiger partial charge in [0.15, 0.2) is 23.0 Å². The molecule has 0 saturated carbocycles. The highest BCUT2D eigenvalue weighted by molar-refractivity contribution is 6.35. The molecule has 2 aliphatic carbocycles. The summed E-state index contributed by atoms with van der Waals surface area (Å²) in [6.45, 7) is 0. The maximum absolute atomic E-state index is 6.92. The average molecular weight is 531 g/mol. The lowest BCUT2D eigenvalue weighted by atomic mass is 10.0. The van der Waals surface area contributed by atoms with E-state index in [-0.39, 0.29) is 0 Å². The van der Waals surface area contributed by atoms with E-state index in [9.17, 15) is 0 Å². The number of nitrogens with zero attached hydrogens (tertiary/aromatic N) is 2. The number of fused-ring (bicyclic) bond motifs is 10. The molecule has 6 heteroatoms. The van der Waals surface area contributed by atoms with Crippen LogP contribution in [0.2, 0.25) is 10.0 Å². The Bertz CT molecular complexity index is 1920. The van der Waals surface area contributed by atoms with Gasteiger partial charge in [0.2, 0.25) is 0 Å². The van der Waals surface area contributed by atoms with E-state index in [1.165, 1.54) is 33.4 Å². The lowest BCUT2D eigenvalue weighted by molar-refractivity contribution is 0.451. The Labute approximate surface area is 227 Å². The van der Waals surface area contributed by atoms with Crippen LogP contribution in [0.4, 0.5) is 11.4 Å². The molecule has 0 aromatic heterocycles. The van der Waals surface area contributed by atoms with Crippen LogP contribution in [0.25, 0.3) is 22.3 Å². The normalized spacial score (nSPS) is 14.2. The highest BCUT2D eigenvalue weighted by atomic mass is 35.5. The van der Waals surface area contributed by atoms with Crippen LogP contribution in [0.1, 0.15) is 22.3 Å². The molecule has 0 spiro atoms. The van der Waals surface area contributed by atoms with Gasteiger partial charge in [0.1, 0.15) is 32.1 Å². The molecular formula is C32H16Cl2N2O2. The van der Waals surface area contributed by atoms with Crippen molar-refractivity contribution in [3.63, 3.8) is 0 Å². The highest BCUT2D eigenvalue weighted by Crippen LogP contribution is 2.49. The highest BCUT2D eigenvalue weighted by Gasteiger charge is 2.30. The van der Waals surface area contributed by atoms with E-state index in [2.05, 4.69) is 72.8 Å². The molecule has 5 aromatic carbocycles. The molecule has 5 aromatic rings. The van der Waals surface area contributed by atoms with Gasteiger partial charge in [0.25, 0.3) is 0 Å². The molecule has 4 aliphatic rings. The van der Waals surface area contributed by atoms with Gasteiger partial charge in [0, 0.05) is 0 Å². The molecule has 4 nitrogen and oxygen atoms in total. The summed E-state index contributed by atoms with van der Waals surface area (Å²) in [6, 6.07) is 25.1. The maximum atomic E-state index is 6.92. The van der Waals surface area contributed by atoms with Gasteiger partial charge < -0.3 is 9.47 Å². The largest absolute Gasteiger partial charge is 0.451 e. The number of hydrogen-bond donors (Lipinski definition) is 0. The summed E-state index contributed by atoms with van der Waals surface area (Å²) in [7, 11) is 0. The molecule has 180 valence electrons. The van der Waals surface area contributed by atoms with Gasteiger partial charge in [0.05, 0.1) is 0 Å². The Kier molecular flexibility index (Phi) is 3.99. The molecule has 0 amide bonds. The van der Waals surface area contributed by atoms with E-state index in [1.807, 2.05) is 0 Å². The first-order chi connectivity index (χ1) is 18.6. The molecule has 0 fully saturated rings. The summed E-state index contributed by atoms with van der Waals surface area (Å²) in [6.07, 6.45) is 1.73. The summed E-state index contributed by atoms with van der Waals surface area (Å²) in [5.74, 6) is 2.11. The molecule has 2 aliphatic heterocycles. The van der Waals surface area contributed by atoms with Crippen molar-refractivity contribution in [1.29, 1.82) is 0 Å². The zero-order valence-electron chi connectivity index (χ0n) is 19.8. The van der Waals surface area contributed by atoms with Crippen molar-refractivity contribution in [3.05, 3.63) is 116 Å². The number of hydrogen-bond acceptors (Lipinski definition) is 4. The minimum Gasteiger partial charge on any atom is -0.451 e. The van der Waals surface area contributed by atoms with Crippen LogP contribution in [0, 0.1) is 0 Å². The fourth-order valence-electron chi connectivity index (χ4n) is 6.11. The third-order valence-corrected chi connectivity index (χ3v) is 8.58. The fraction of sp³-hybridized carbons (Fsp3) is 0.0625. The lowest BCUT2D eigenvalue weighted by Gasteiger charge is -2.22. The third-order valence-electron chi connectivity index (χ3n) is 7.88. The standard InChI is InChI=1S/C32H16Cl2N2O2/c33-27-29-31(37-25-13-21-17(11-23(25)35-29)9-15-5-1-3-7-19(15)21)28(34)30-32(27)38-26-14-22-18(12-24(26)36-30)10-16-6-2-4-8-20(16)22/h1-8,11-14H,9-10H2. The minimum atomic E-state index is 0.337. The lowest BCUT2D eigenvalue weighted by Crippen LogP contribution is -2.22. The first kappa shape index (κ1) is 20.9. The van der Waals surface area contributed by atoms with Crippen molar-refractivity contribution in [1.82, 2.24) is 0 Å². The van der Waals surface area contributed by atoms with E-state index in [0.29, 0.717) is 43.8 Å². The van der Waals surface area contributed by atoms with E-state index in [4.69, 9.17) is 42.7 Å². The molecule has 9 rings (SSSR count). The van der Waals surface area contributed by atoms with Crippen molar-refractivity contribution in [3.8, 4) is 45.3 Å². The fourth-order valence-corrected chi connectivity index (χ4v) is 6.62. The van der Waals surface area contributed by atoms with Gasteiger partial charge in [-0.1, -0.05) is 71.7 Å². The smallest absolute Gasteiger partial charge is 0.175 e. The second-order valence-corrected chi connectivity index (χ2v) is 10.8. The first-order valence-electron chi connectivity index (χ1n) is 12.5. The van der Waals surface area contributed by atoms with Crippen molar-refractivity contribution in [2.45, 2.75) is 12.8 Å². The van der Waals surface area contributed by atoms with Gasteiger partial charge >= 0.3 is 0 Å². The van der Waals surface area contributed by atoms with Gasteiger partial charge in [-0.05, 0) is 81.6 Å². The van der Waals surface area contributed by atoms with Crippen LogP contribution in [-0.4, -0.2) is 0 Å². The monoisotopic (exact) mass is 530 g/mol. The van der Waals surface area contributed by atoms with Crippen molar-refractivity contribution < 1.29 is 9.47 Å². The predicted octanol–water partition coefficient (Wildman–Crippen LogP) is 8.25. The molecule has 38 heavy (non-hydrogen) atoms. The molecule has 0 bridgehead atoms. The van der Waals surface area contributed by atoms with Gasteiger partial charge in [-0.25, -0.2) is 9.98 Å². The van der Waals surface area contributed by atoms with Crippen molar-refractivity contribution in [2.75, 3.05) is 0 Å². The minimum absolute atomic E-state index is 0.337. The van der Waals surface area contributed by atoms with Gasteiger partial charge in [-0.15, -0.1) is 0 Å². The summed E-state index contributed by atoms with van der Waals surface area (Å²) in [4.78, 5) is 9.80. The van der Waals surface area contributed by atoms with Crippen LogP contribution < -0.4 is 20.2 Å². The molecule has 0 unspecified atom stereocenters. The Balaban J connectivity index is 1.21. The zero-order chi connectivity index (χ0) is 25.1. The average Bonchev–Trinajstić information content (AvgIpc) is 3.49. The summed E-state index contributed by atoms with van der Waals surface area (Å²) in [5, 5.41) is 1.60. The molecule has 0 atom stereocenters. The summed E-state index contributed by atoms with van der Waals surface area (Å²) >= 11 is 13.8. The van der Waals surface area contributed by atoms with Crippen molar-refractivity contribution >= 4 is 34.6 Å². The Morgan fingerprint density at radius 1 is 0.526 bits per heavy atom. The van der Waals surface area contributed by atoms with Crippen LogP contribution in [0.15, 0.2) is 82.8 Å². The summed E-state index contributed by atoms with van der Waals surface area (Å²) in [5.41, 5.74) is 11.3. The molecule has 0 N–H and O–H groups in total. The first-order valence-corrected chi connectivity index (χ1v) is 13.2. The third kappa shape index (κ3) is 2.71. The van der Waals surface area contributed by atoms with Crippen LogP contribution in [0.5, 0.6) is 23.0 Å². The second kappa shape index (κ2) is 7.25. The Morgan fingerprint density at radius 2 is 0.974 bits per heavy atom. The zero-order valence-corrected chi connectivity index (χ0v) is 21.3. The van der Waals surface area contributed by atoms with E-state index in [1.54, 1.807) is 0 Å². The molecule has 0 radical (unpaired) electrons. The van der Waals surface area contributed by atoms with E-state index >= 15 is 0 Å². The molecule has 2 heterocycles. The topological polar surface area (TPSA) is 43.2 Å². The van der Waals surface area contributed by atoms with E-state index in [0.717, 1.165) is 35.3 Å². The quantitative estimate of drug-likeness (QED) is 0.198. The van der Waals surface area contributed by atoms with E-state index < -0.39 is 0 Å². The van der Waals surface area contributed by atoms with Gasteiger partial charge in [-0.2, -0.15) is 0 Å². The molecular weight excluding hydrogens is 515 g/mol. The second-order valence-electron chi connectivity index (χ2n) is 10.0. The van der Waals surface area contributed by atoms with Crippen molar-refractivity contribution in [2.24, 2.45) is 9.98 Å². The van der Waals surface area contributed by atoms with Crippen LogP contribution >= 0.6 is 23.2 Å². The number of ether oxygens (including phenoxy) is 2. The Hall–Kier alpha value is -4.12. The Morgan fingerprint density at radius 3 is 1.45 bits per heavy atom. The van der Waals surface area contributed by atoms with Gasteiger partial charge in [-0.3, -0.25) is 0 Å². The summed E-state index contributed by atoms with van der Waals surface area (Å²) < 4.78 is 12.7. The van der Waals surface area contributed by atoms with Crippen LogP contribution in [-0.2, 0) is 12.8 Å². The maximum Gasteiger partial charge on any atom is 0.175 e. The molecule has 0 saturated heterocycles. The number of rotatable bonds is 0. The predicted molar refractivity (Wildman–Crippen MR) is 148 cm³/mol.